The van der Waals surface area contributed by atoms with Crippen LogP contribution < -0.4 is 15.5 Å². The fourth-order valence-corrected chi connectivity index (χ4v) is 4.14. The lowest BCUT2D eigenvalue weighted by Gasteiger charge is -2.21. The molecule has 2 atom stereocenters. The summed E-state index contributed by atoms with van der Waals surface area (Å²) in [4.78, 5) is 27.0. The topological polar surface area (TPSA) is 81.7 Å². The highest BCUT2D eigenvalue weighted by atomic mass is 16.3. The molecular formula is C26H27N3O3. The van der Waals surface area contributed by atoms with Crippen molar-refractivity contribution in [3.63, 3.8) is 0 Å². The molecule has 3 N–H and O–H groups in total. The van der Waals surface area contributed by atoms with Crippen LogP contribution >= 0.6 is 0 Å². The standard InChI is InChI=1S/C26H27N3O3/c1-2-29(21-9-4-3-5-10-21)24(31)16-18-12-14-20(15-13-18)27-26(32)28-25-22-11-7-6-8-19(22)17-23(25)30/h3-15,23,25,30H,2,16-17H2,1H3,(H2,27,28,32)/t23-,25+/m0/s1. The average Bonchev–Trinajstić information content (AvgIpc) is 3.11. The zero-order chi connectivity index (χ0) is 22.5. The van der Waals surface area contributed by atoms with Crippen molar-refractivity contribution in [1.29, 1.82) is 0 Å². The number of para-hydroxylation sites is 1. The summed E-state index contributed by atoms with van der Waals surface area (Å²) in [5, 5.41) is 16.0. The summed E-state index contributed by atoms with van der Waals surface area (Å²) >= 11 is 0. The highest BCUT2D eigenvalue weighted by Crippen LogP contribution is 2.31. The van der Waals surface area contributed by atoms with Crippen molar-refractivity contribution in [3.05, 3.63) is 95.6 Å². The number of aliphatic hydroxyl groups excluding tert-OH is 1. The van der Waals surface area contributed by atoms with Crippen LogP contribution in [-0.4, -0.2) is 29.7 Å². The van der Waals surface area contributed by atoms with Gasteiger partial charge >= 0.3 is 6.03 Å². The highest BCUT2D eigenvalue weighted by Gasteiger charge is 2.31. The molecule has 0 aliphatic heterocycles. The van der Waals surface area contributed by atoms with E-state index >= 15 is 0 Å². The van der Waals surface area contributed by atoms with Crippen LogP contribution in [0.2, 0.25) is 0 Å². The van der Waals surface area contributed by atoms with Crippen LogP contribution in [0.25, 0.3) is 0 Å². The predicted octanol–water partition coefficient (Wildman–Crippen LogP) is 4.06. The molecular weight excluding hydrogens is 402 g/mol. The Kier molecular flexibility index (Phi) is 6.52. The first-order valence-corrected chi connectivity index (χ1v) is 10.8. The lowest BCUT2D eigenvalue weighted by atomic mass is 10.1. The molecule has 164 valence electrons. The van der Waals surface area contributed by atoms with E-state index in [0.717, 1.165) is 22.4 Å². The van der Waals surface area contributed by atoms with Crippen LogP contribution in [-0.2, 0) is 17.6 Å². The van der Waals surface area contributed by atoms with E-state index in [4.69, 9.17) is 0 Å². The van der Waals surface area contributed by atoms with Gasteiger partial charge in [-0.1, -0.05) is 54.6 Å². The van der Waals surface area contributed by atoms with E-state index < -0.39 is 12.1 Å². The first-order chi connectivity index (χ1) is 15.5. The molecule has 0 fully saturated rings. The Labute approximate surface area is 187 Å². The maximum absolute atomic E-state index is 12.8. The number of nitrogens with zero attached hydrogens (tertiary/aromatic N) is 1. The number of likely N-dealkylation sites (N-methyl/N-ethyl adjacent to an activating group) is 1. The normalized spacial score (nSPS) is 16.8. The number of anilines is 2. The average molecular weight is 430 g/mol. The first kappa shape index (κ1) is 21.6. The van der Waals surface area contributed by atoms with Gasteiger partial charge in [-0.2, -0.15) is 0 Å². The second-order valence-electron chi connectivity index (χ2n) is 7.89. The van der Waals surface area contributed by atoms with E-state index in [1.807, 2.05) is 73.7 Å². The molecule has 3 aromatic carbocycles. The molecule has 0 aromatic heterocycles. The lowest BCUT2D eigenvalue weighted by molar-refractivity contribution is -0.117. The molecule has 0 saturated carbocycles. The molecule has 0 saturated heterocycles. The first-order valence-electron chi connectivity index (χ1n) is 10.8. The lowest BCUT2D eigenvalue weighted by Crippen LogP contribution is -2.36. The number of aliphatic hydroxyl groups is 1. The Morgan fingerprint density at radius 1 is 0.969 bits per heavy atom. The van der Waals surface area contributed by atoms with Gasteiger partial charge in [-0.25, -0.2) is 4.79 Å². The Bertz CT molecular complexity index is 1080. The minimum absolute atomic E-state index is 0.0195. The number of carbonyl (C=O) groups excluding carboxylic acids is 2. The summed E-state index contributed by atoms with van der Waals surface area (Å²) in [5.74, 6) is 0.0195. The molecule has 4 rings (SSSR count). The number of fused-ring (bicyclic) bond motifs is 1. The van der Waals surface area contributed by atoms with Crippen molar-refractivity contribution in [2.45, 2.75) is 31.9 Å². The van der Waals surface area contributed by atoms with E-state index in [9.17, 15) is 14.7 Å². The summed E-state index contributed by atoms with van der Waals surface area (Å²) in [5.41, 5.74) is 4.37. The smallest absolute Gasteiger partial charge is 0.319 e. The molecule has 0 bridgehead atoms. The van der Waals surface area contributed by atoms with Gasteiger partial charge in [0, 0.05) is 24.3 Å². The van der Waals surface area contributed by atoms with E-state index in [0.29, 0.717) is 18.7 Å². The zero-order valence-electron chi connectivity index (χ0n) is 18.0. The molecule has 0 unspecified atom stereocenters. The van der Waals surface area contributed by atoms with Gasteiger partial charge in [-0.15, -0.1) is 0 Å². The molecule has 6 nitrogen and oxygen atoms in total. The van der Waals surface area contributed by atoms with E-state index in [-0.39, 0.29) is 18.4 Å². The number of amides is 3. The van der Waals surface area contributed by atoms with Crippen molar-refractivity contribution in [2.24, 2.45) is 0 Å². The summed E-state index contributed by atoms with van der Waals surface area (Å²) in [7, 11) is 0. The van der Waals surface area contributed by atoms with Crippen LogP contribution in [0.15, 0.2) is 78.9 Å². The van der Waals surface area contributed by atoms with Gasteiger partial charge in [0.15, 0.2) is 0 Å². The summed E-state index contributed by atoms with van der Waals surface area (Å²) < 4.78 is 0. The fourth-order valence-electron chi connectivity index (χ4n) is 4.14. The third-order valence-electron chi connectivity index (χ3n) is 5.74. The van der Waals surface area contributed by atoms with Gasteiger partial charge in [0.1, 0.15) is 0 Å². The van der Waals surface area contributed by atoms with E-state index in [1.165, 1.54) is 0 Å². The Balaban J connectivity index is 1.35. The Hall–Kier alpha value is -3.64. The predicted molar refractivity (Wildman–Crippen MR) is 126 cm³/mol. The quantitative estimate of drug-likeness (QED) is 0.553. The number of urea groups is 1. The molecule has 0 heterocycles. The van der Waals surface area contributed by atoms with E-state index in [1.54, 1.807) is 17.0 Å². The number of hydrogen-bond donors (Lipinski definition) is 3. The maximum Gasteiger partial charge on any atom is 0.319 e. The zero-order valence-corrected chi connectivity index (χ0v) is 18.0. The Morgan fingerprint density at radius 2 is 1.66 bits per heavy atom. The fraction of sp³-hybridized carbons (Fsp3) is 0.231. The number of carbonyl (C=O) groups is 2. The second-order valence-corrected chi connectivity index (χ2v) is 7.89. The van der Waals surface area contributed by atoms with Crippen molar-refractivity contribution in [1.82, 2.24) is 5.32 Å². The SMILES string of the molecule is CCN(C(=O)Cc1ccc(NC(=O)N[C@@H]2c3ccccc3C[C@@H]2O)cc1)c1ccccc1. The van der Waals surface area contributed by atoms with Gasteiger partial charge in [0.05, 0.1) is 18.6 Å². The van der Waals surface area contributed by atoms with Gasteiger partial charge in [-0.05, 0) is 47.9 Å². The molecule has 3 aromatic rings. The van der Waals surface area contributed by atoms with Crippen LogP contribution in [0.3, 0.4) is 0 Å². The molecule has 6 heteroatoms. The van der Waals surface area contributed by atoms with Crippen LogP contribution in [0.4, 0.5) is 16.2 Å². The molecule has 0 radical (unpaired) electrons. The monoisotopic (exact) mass is 429 g/mol. The van der Waals surface area contributed by atoms with Gasteiger partial charge in [0.25, 0.3) is 0 Å². The molecule has 1 aliphatic carbocycles. The molecule has 1 aliphatic rings. The molecule has 3 amide bonds. The number of benzene rings is 3. The maximum atomic E-state index is 12.8. The highest BCUT2D eigenvalue weighted by molar-refractivity contribution is 5.95. The summed E-state index contributed by atoms with van der Waals surface area (Å²) in [6, 6.07) is 23.8. The van der Waals surface area contributed by atoms with Gasteiger partial charge in [0.2, 0.25) is 5.91 Å². The van der Waals surface area contributed by atoms with E-state index in [2.05, 4.69) is 10.6 Å². The van der Waals surface area contributed by atoms with Crippen molar-refractivity contribution in [3.8, 4) is 0 Å². The van der Waals surface area contributed by atoms with Gasteiger partial charge < -0.3 is 20.6 Å². The third kappa shape index (κ3) is 4.81. The van der Waals surface area contributed by atoms with Crippen LogP contribution in [0, 0.1) is 0 Å². The van der Waals surface area contributed by atoms with Crippen molar-refractivity contribution < 1.29 is 14.7 Å². The number of hydrogen-bond acceptors (Lipinski definition) is 3. The second kappa shape index (κ2) is 9.66. The summed E-state index contributed by atoms with van der Waals surface area (Å²) in [6.45, 7) is 2.55. The number of nitrogens with one attached hydrogen (secondary N) is 2. The van der Waals surface area contributed by atoms with Crippen LogP contribution in [0.1, 0.15) is 29.7 Å². The van der Waals surface area contributed by atoms with Crippen LogP contribution in [0.5, 0.6) is 0 Å². The molecule has 0 spiro atoms. The summed E-state index contributed by atoms with van der Waals surface area (Å²) in [6.07, 6.45) is 0.166. The minimum atomic E-state index is -0.641. The van der Waals surface area contributed by atoms with Gasteiger partial charge in [-0.3, -0.25) is 4.79 Å². The third-order valence-corrected chi connectivity index (χ3v) is 5.74. The minimum Gasteiger partial charge on any atom is -0.390 e. The van der Waals surface area contributed by atoms with Crippen molar-refractivity contribution >= 4 is 23.3 Å². The largest absolute Gasteiger partial charge is 0.390 e. The molecule has 32 heavy (non-hydrogen) atoms. The number of rotatable bonds is 6. The Morgan fingerprint density at radius 3 is 2.38 bits per heavy atom. The van der Waals surface area contributed by atoms with Crippen molar-refractivity contribution in [2.75, 3.05) is 16.8 Å².